The number of amides is 2. The van der Waals surface area contributed by atoms with Gasteiger partial charge < -0.3 is 34.1 Å². The Morgan fingerprint density at radius 1 is 1.07 bits per heavy atom. The maximum absolute atomic E-state index is 13.1. The van der Waals surface area contributed by atoms with Crippen LogP contribution in [0.2, 0.25) is 25.7 Å². The summed E-state index contributed by atoms with van der Waals surface area (Å²) in [5.74, 6) is -0.000113. The zero-order chi connectivity index (χ0) is 40.6. The van der Waals surface area contributed by atoms with Crippen molar-refractivity contribution in [1.82, 2.24) is 45.1 Å². The molecule has 2 amide bonds. The van der Waals surface area contributed by atoms with Crippen molar-refractivity contribution in [3.8, 4) is 11.3 Å². The first-order chi connectivity index (χ1) is 26.3. The zero-order valence-corrected chi connectivity index (χ0v) is 36.5. The second-order valence-corrected chi connectivity index (χ2v) is 24.6. The maximum atomic E-state index is 13.1. The predicted octanol–water partition coefficient (Wildman–Crippen LogP) is 7.36. The maximum Gasteiger partial charge on any atom is 0.410 e. The van der Waals surface area contributed by atoms with E-state index in [2.05, 4.69) is 67.4 Å². The third kappa shape index (κ3) is 9.14. The van der Waals surface area contributed by atoms with Gasteiger partial charge in [0, 0.05) is 63.4 Å². The number of rotatable bonds is 11. The summed E-state index contributed by atoms with van der Waals surface area (Å²) >= 11 is 1.69. The van der Waals surface area contributed by atoms with E-state index >= 15 is 0 Å². The Labute approximate surface area is 335 Å². The van der Waals surface area contributed by atoms with Crippen LogP contribution >= 0.6 is 11.8 Å². The largest absolute Gasteiger partial charge is 0.444 e. The number of piperazine rings is 1. The van der Waals surface area contributed by atoms with Crippen LogP contribution in [0.25, 0.3) is 22.3 Å². The molecule has 2 atom stereocenters. The number of ether oxygens (including phenoxy) is 2. The van der Waals surface area contributed by atoms with E-state index < -0.39 is 24.6 Å². The molecule has 56 heavy (non-hydrogen) atoms. The van der Waals surface area contributed by atoms with Gasteiger partial charge in [0.2, 0.25) is 0 Å². The second-order valence-electron chi connectivity index (χ2n) is 17.9. The zero-order valence-electron chi connectivity index (χ0n) is 34.6. The molecule has 1 unspecified atom stereocenters. The third-order valence-electron chi connectivity index (χ3n) is 9.87. The van der Waals surface area contributed by atoms with Crippen molar-refractivity contribution in [2.45, 2.75) is 110 Å². The topological polar surface area (TPSA) is 153 Å². The lowest BCUT2D eigenvalue weighted by Crippen LogP contribution is -2.59. The van der Waals surface area contributed by atoms with E-state index in [9.17, 15) is 9.59 Å². The SMILES string of the molecule is Cc1cc(-c2ncnc3c2cc([C@]2(N4CCN(C(=O)OC(C)(C)C)CC4)NC=CS2)n3COCC[Si](C)(C)C)ccc1C(C)NC(=O)c1nc(C(C)(C)C)no1. The minimum Gasteiger partial charge on any atom is -0.444 e. The molecule has 0 spiro atoms. The smallest absolute Gasteiger partial charge is 0.410 e. The number of aromatic nitrogens is 5. The van der Waals surface area contributed by atoms with Crippen LogP contribution in [0.15, 0.2) is 46.7 Å². The highest BCUT2D eigenvalue weighted by molar-refractivity contribution is 8.03. The summed E-state index contributed by atoms with van der Waals surface area (Å²) in [4.78, 5) is 43.5. The highest BCUT2D eigenvalue weighted by Gasteiger charge is 2.45. The number of hydrogen-bond donors (Lipinski definition) is 2. The van der Waals surface area contributed by atoms with E-state index in [4.69, 9.17) is 24.0 Å². The fraction of sp³-hybridized carbons (Fsp3) is 0.550. The lowest BCUT2D eigenvalue weighted by molar-refractivity contribution is 0.00449. The van der Waals surface area contributed by atoms with Gasteiger partial charge in [-0.05, 0) is 69.3 Å². The molecule has 2 aliphatic heterocycles. The van der Waals surface area contributed by atoms with Gasteiger partial charge in [-0.3, -0.25) is 9.69 Å². The fourth-order valence-corrected chi connectivity index (χ4v) is 8.66. The predicted molar refractivity (Wildman–Crippen MR) is 222 cm³/mol. The van der Waals surface area contributed by atoms with Crippen LogP contribution in [-0.2, 0) is 26.6 Å². The van der Waals surface area contributed by atoms with Gasteiger partial charge in [0.05, 0.1) is 17.4 Å². The monoisotopic (exact) mass is 803 g/mol. The summed E-state index contributed by atoms with van der Waals surface area (Å²) in [6, 6.07) is 9.07. The number of hydrogen-bond acceptors (Lipinski definition) is 12. The Morgan fingerprint density at radius 2 is 1.80 bits per heavy atom. The summed E-state index contributed by atoms with van der Waals surface area (Å²) < 4.78 is 19.6. The van der Waals surface area contributed by atoms with Crippen LogP contribution in [0.1, 0.15) is 87.8 Å². The molecule has 3 aromatic heterocycles. The van der Waals surface area contributed by atoms with Gasteiger partial charge in [-0.15, -0.1) is 0 Å². The molecule has 1 fully saturated rings. The molecular weight excluding hydrogens is 747 g/mol. The van der Waals surface area contributed by atoms with Gasteiger partial charge in [0.25, 0.3) is 0 Å². The second kappa shape index (κ2) is 15.9. The summed E-state index contributed by atoms with van der Waals surface area (Å²) in [7, 11) is -1.32. The fourth-order valence-electron chi connectivity index (χ4n) is 6.81. The number of nitrogens with one attached hydrogen (secondary N) is 2. The molecule has 14 nitrogen and oxygen atoms in total. The molecule has 16 heteroatoms. The van der Waals surface area contributed by atoms with Crippen molar-refractivity contribution in [3.05, 3.63) is 70.7 Å². The van der Waals surface area contributed by atoms with Crippen LogP contribution in [0.5, 0.6) is 0 Å². The molecule has 1 aromatic carbocycles. The molecule has 0 bridgehead atoms. The van der Waals surface area contributed by atoms with Crippen LogP contribution in [-0.4, -0.2) is 92.9 Å². The molecule has 5 heterocycles. The van der Waals surface area contributed by atoms with E-state index in [1.807, 2.05) is 73.7 Å². The number of fused-ring (bicyclic) bond motifs is 1. The molecule has 302 valence electrons. The first-order valence-corrected chi connectivity index (χ1v) is 23.9. The lowest BCUT2D eigenvalue weighted by Gasteiger charge is -2.45. The standard InChI is InChI=1S/C40H57N9O5SSi/c1-26-22-28(12-13-29(26)27(2)44-34(50)35-45-36(46-54-35)38(3,4)5)32-30-23-31(49(33(30)42-24-41-32)25-52-19-21-56(9,10)11)40(43-14-20-55-40)48-17-15-47(16-18-48)37(51)53-39(6,7)8/h12-14,20,22-24,27,43H,15-19,21,25H2,1-11H3,(H,44,50)/t27?,40-/m1/s1. The molecule has 1 saturated heterocycles. The van der Waals surface area contributed by atoms with Gasteiger partial charge in [0.1, 0.15) is 24.3 Å². The van der Waals surface area contributed by atoms with Crippen LogP contribution in [0.4, 0.5) is 4.79 Å². The van der Waals surface area contributed by atoms with Crippen molar-refractivity contribution < 1.29 is 23.6 Å². The quantitative estimate of drug-likeness (QED) is 0.115. The number of carbonyl (C=O) groups excluding carboxylic acids is 2. The van der Waals surface area contributed by atoms with Crippen LogP contribution in [0.3, 0.4) is 0 Å². The molecule has 2 N–H and O–H groups in total. The highest BCUT2D eigenvalue weighted by Crippen LogP contribution is 2.45. The van der Waals surface area contributed by atoms with Gasteiger partial charge in [-0.2, -0.15) is 4.98 Å². The van der Waals surface area contributed by atoms with Crippen molar-refractivity contribution >= 4 is 42.9 Å². The van der Waals surface area contributed by atoms with Crippen molar-refractivity contribution in [2.24, 2.45) is 0 Å². The molecule has 0 aliphatic carbocycles. The normalized spacial score (nSPS) is 18.7. The van der Waals surface area contributed by atoms with Gasteiger partial charge in [-0.25, -0.2) is 14.8 Å². The van der Waals surface area contributed by atoms with Crippen molar-refractivity contribution in [1.29, 1.82) is 0 Å². The minimum absolute atomic E-state index is 0.0583. The van der Waals surface area contributed by atoms with E-state index in [0.29, 0.717) is 45.3 Å². The van der Waals surface area contributed by atoms with Crippen LogP contribution in [0, 0.1) is 6.92 Å². The van der Waals surface area contributed by atoms with Crippen LogP contribution < -0.4 is 10.6 Å². The molecular formula is C40H57N9O5SSi. The molecule has 0 saturated carbocycles. The van der Waals surface area contributed by atoms with Gasteiger partial charge in [0.15, 0.2) is 10.8 Å². The van der Waals surface area contributed by atoms with Crippen molar-refractivity contribution in [2.75, 3.05) is 32.8 Å². The van der Waals surface area contributed by atoms with E-state index in [0.717, 1.165) is 45.2 Å². The molecule has 2 aliphatic rings. The summed E-state index contributed by atoms with van der Waals surface area (Å²) in [6.07, 6.45) is 3.30. The number of nitrogens with zero attached hydrogens (tertiary/aromatic N) is 7. The minimum atomic E-state index is -1.32. The van der Waals surface area contributed by atoms with Gasteiger partial charge in [-0.1, -0.05) is 69.5 Å². The Bertz CT molecular complexity index is 2080. The molecule has 4 aromatic rings. The van der Waals surface area contributed by atoms with Crippen molar-refractivity contribution in [3.63, 3.8) is 0 Å². The number of carbonyl (C=O) groups is 2. The van der Waals surface area contributed by atoms with E-state index in [1.165, 1.54) is 0 Å². The average molecular weight is 804 g/mol. The first kappa shape index (κ1) is 41.4. The first-order valence-electron chi connectivity index (χ1n) is 19.3. The average Bonchev–Trinajstić information content (AvgIpc) is 3.89. The summed E-state index contributed by atoms with van der Waals surface area (Å²) in [5.41, 5.74) is 4.54. The van der Waals surface area contributed by atoms with E-state index in [-0.39, 0.29) is 23.4 Å². The highest BCUT2D eigenvalue weighted by atomic mass is 32.2. The van der Waals surface area contributed by atoms with E-state index in [1.54, 1.807) is 23.0 Å². The summed E-state index contributed by atoms with van der Waals surface area (Å²) in [5, 5.41) is 13.7. The summed E-state index contributed by atoms with van der Waals surface area (Å²) in [6.45, 7) is 25.9. The lowest BCUT2D eigenvalue weighted by atomic mass is 9.96. The van der Waals surface area contributed by atoms with Gasteiger partial charge >= 0.3 is 17.9 Å². The molecule has 6 rings (SSSR count). The molecule has 0 radical (unpaired) electrons. The Hall–Kier alpha value is -4.25. The Kier molecular flexibility index (Phi) is 11.8. The Balaban J connectivity index is 1.31. The number of thioether (sulfide) groups is 1. The Morgan fingerprint density at radius 3 is 2.41 bits per heavy atom. The number of benzene rings is 1. The number of aryl methyl sites for hydroxylation is 1. The third-order valence-corrected chi connectivity index (χ3v) is 12.8.